The van der Waals surface area contributed by atoms with Crippen LogP contribution in [0.15, 0.2) is 53.4 Å². The summed E-state index contributed by atoms with van der Waals surface area (Å²) in [5.41, 5.74) is 1.39. The van der Waals surface area contributed by atoms with Gasteiger partial charge in [0.1, 0.15) is 6.61 Å². The molecule has 0 fully saturated rings. The van der Waals surface area contributed by atoms with Crippen LogP contribution >= 0.6 is 11.6 Å². The number of amides is 1. The smallest absolute Gasteiger partial charge is 0.407 e. The van der Waals surface area contributed by atoms with E-state index in [2.05, 4.69) is 10.1 Å². The molecule has 1 unspecified atom stereocenters. The molecule has 11 heteroatoms. The van der Waals surface area contributed by atoms with Gasteiger partial charge in [-0.3, -0.25) is 4.31 Å². The monoisotopic (exact) mass is 496 g/mol. The zero-order valence-electron chi connectivity index (χ0n) is 17.9. The van der Waals surface area contributed by atoms with Gasteiger partial charge in [0.2, 0.25) is 0 Å². The molecular formula is C22H25ClN2O7S. The molecule has 0 radical (unpaired) electrons. The zero-order valence-corrected chi connectivity index (χ0v) is 19.5. The average molecular weight is 497 g/mol. The number of carbonyl (C=O) groups is 2. The number of anilines is 1. The summed E-state index contributed by atoms with van der Waals surface area (Å²) in [5, 5.41) is 12.4. The molecule has 0 saturated carbocycles. The van der Waals surface area contributed by atoms with Crippen molar-refractivity contribution in [2.24, 2.45) is 0 Å². The fraction of sp³-hybridized carbons (Fsp3) is 0.364. The van der Waals surface area contributed by atoms with Crippen LogP contribution in [0.1, 0.15) is 18.9 Å². The summed E-state index contributed by atoms with van der Waals surface area (Å²) in [6.07, 6.45) is -1.37. The fourth-order valence-electron chi connectivity index (χ4n) is 3.49. The Morgan fingerprint density at radius 3 is 2.58 bits per heavy atom. The van der Waals surface area contributed by atoms with Crippen LogP contribution in [0, 0.1) is 0 Å². The molecule has 0 aliphatic carbocycles. The number of aryl methyl sites for hydroxylation is 1. The number of nitrogens with one attached hydrogen (secondary N) is 1. The predicted octanol–water partition coefficient (Wildman–Crippen LogP) is 2.50. The first kappa shape index (κ1) is 24.8. The fourth-order valence-corrected chi connectivity index (χ4v) is 5.32. The van der Waals surface area contributed by atoms with Gasteiger partial charge in [0.05, 0.1) is 29.8 Å². The largest absolute Gasteiger partial charge is 0.464 e. The van der Waals surface area contributed by atoms with Gasteiger partial charge in [0.25, 0.3) is 10.0 Å². The number of benzene rings is 2. The van der Waals surface area contributed by atoms with E-state index >= 15 is 0 Å². The third-order valence-corrected chi connectivity index (χ3v) is 7.22. The van der Waals surface area contributed by atoms with E-state index in [9.17, 15) is 23.1 Å². The number of halogens is 1. The van der Waals surface area contributed by atoms with Crippen LogP contribution in [0.25, 0.3) is 0 Å². The number of ether oxygens (including phenoxy) is 2. The molecule has 0 bridgehead atoms. The van der Waals surface area contributed by atoms with Crippen molar-refractivity contribution < 1.29 is 32.6 Å². The van der Waals surface area contributed by atoms with Crippen LogP contribution in [-0.2, 0) is 30.7 Å². The standard InChI is InChI=1S/C22H25ClN2O7S/c1-2-31-21(27)20(26)13-24-22(28)32-14-17-10-7-15-5-3-4-6-19(15)25(17)33(29,30)18-11-8-16(23)9-12-18/h3-6,8-9,11-12,17,20,26H,2,7,10,13-14H2,1H3,(H,24,28)/t17?,20-/m0/s1. The summed E-state index contributed by atoms with van der Waals surface area (Å²) >= 11 is 5.91. The van der Waals surface area contributed by atoms with Gasteiger partial charge in [-0.25, -0.2) is 18.0 Å². The number of para-hydroxylation sites is 1. The number of rotatable bonds is 8. The second-order valence-corrected chi connectivity index (χ2v) is 9.57. The van der Waals surface area contributed by atoms with E-state index in [1.54, 1.807) is 19.1 Å². The van der Waals surface area contributed by atoms with E-state index in [4.69, 9.17) is 16.3 Å². The minimum absolute atomic E-state index is 0.0654. The Morgan fingerprint density at radius 2 is 1.88 bits per heavy atom. The molecule has 1 heterocycles. The summed E-state index contributed by atoms with van der Waals surface area (Å²) in [7, 11) is -3.97. The van der Waals surface area contributed by atoms with E-state index in [0.29, 0.717) is 23.6 Å². The van der Waals surface area contributed by atoms with Gasteiger partial charge in [0, 0.05) is 5.02 Å². The third-order valence-electron chi connectivity index (χ3n) is 5.08. The number of aliphatic hydroxyl groups excluding tert-OH is 1. The van der Waals surface area contributed by atoms with Crippen molar-refractivity contribution in [1.29, 1.82) is 0 Å². The quantitative estimate of drug-likeness (QED) is 0.538. The Balaban J connectivity index is 1.75. The molecule has 33 heavy (non-hydrogen) atoms. The Morgan fingerprint density at radius 1 is 1.18 bits per heavy atom. The highest BCUT2D eigenvalue weighted by Gasteiger charge is 2.36. The second kappa shape index (κ2) is 10.9. The van der Waals surface area contributed by atoms with Gasteiger partial charge in [-0.1, -0.05) is 29.8 Å². The topological polar surface area (TPSA) is 122 Å². The normalized spacial score (nSPS) is 16.5. The minimum Gasteiger partial charge on any atom is -0.464 e. The lowest BCUT2D eigenvalue weighted by Crippen LogP contribution is -2.47. The number of esters is 1. The molecule has 0 spiro atoms. The molecule has 2 N–H and O–H groups in total. The molecule has 1 aliphatic rings. The third kappa shape index (κ3) is 5.95. The van der Waals surface area contributed by atoms with Gasteiger partial charge >= 0.3 is 12.1 Å². The maximum absolute atomic E-state index is 13.5. The molecule has 1 aliphatic heterocycles. The summed E-state index contributed by atoms with van der Waals surface area (Å²) in [6.45, 7) is 1.08. The number of carbonyl (C=O) groups excluding carboxylic acids is 2. The average Bonchev–Trinajstić information content (AvgIpc) is 2.81. The lowest BCUT2D eigenvalue weighted by Gasteiger charge is -2.37. The molecule has 9 nitrogen and oxygen atoms in total. The van der Waals surface area contributed by atoms with Crippen molar-refractivity contribution in [1.82, 2.24) is 5.32 Å². The van der Waals surface area contributed by atoms with Crippen molar-refractivity contribution in [3.8, 4) is 0 Å². The Kier molecular flexibility index (Phi) is 8.17. The van der Waals surface area contributed by atoms with Crippen LogP contribution in [0.3, 0.4) is 0 Å². The summed E-state index contributed by atoms with van der Waals surface area (Å²) < 4.78 is 38.2. The minimum atomic E-state index is -3.97. The van der Waals surface area contributed by atoms with Crippen molar-refractivity contribution in [2.75, 3.05) is 24.1 Å². The molecule has 3 rings (SSSR count). The highest BCUT2D eigenvalue weighted by atomic mass is 35.5. The van der Waals surface area contributed by atoms with Crippen molar-refractivity contribution >= 4 is 39.4 Å². The van der Waals surface area contributed by atoms with Gasteiger partial charge in [0.15, 0.2) is 6.10 Å². The summed E-state index contributed by atoms with van der Waals surface area (Å²) in [6, 6.07) is 12.4. The van der Waals surface area contributed by atoms with E-state index in [1.807, 2.05) is 12.1 Å². The highest BCUT2D eigenvalue weighted by Crippen LogP contribution is 2.35. The lowest BCUT2D eigenvalue weighted by molar-refractivity contribution is -0.152. The number of hydrogen-bond donors (Lipinski definition) is 2. The number of fused-ring (bicyclic) bond motifs is 1. The van der Waals surface area contributed by atoms with Crippen LogP contribution < -0.4 is 9.62 Å². The van der Waals surface area contributed by atoms with E-state index < -0.39 is 40.8 Å². The van der Waals surface area contributed by atoms with E-state index in [-0.39, 0.29) is 18.1 Å². The number of nitrogens with zero attached hydrogens (tertiary/aromatic N) is 1. The molecule has 1 amide bonds. The first-order valence-corrected chi connectivity index (χ1v) is 12.2. The van der Waals surface area contributed by atoms with Crippen molar-refractivity contribution in [3.63, 3.8) is 0 Å². The molecule has 0 saturated heterocycles. The first-order valence-electron chi connectivity index (χ1n) is 10.4. The Bertz CT molecular complexity index is 1090. The zero-order chi connectivity index (χ0) is 24.0. The Hall–Kier alpha value is -2.82. The van der Waals surface area contributed by atoms with Gasteiger partial charge in [-0.15, -0.1) is 0 Å². The predicted molar refractivity (Wildman–Crippen MR) is 122 cm³/mol. The van der Waals surface area contributed by atoms with Gasteiger partial charge in [-0.05, 0) is 55.7 Å². The van der Waals surface area contributed by atoms with E-state index in [0.717, 1.165) is 5.56 Å². The van der Waals surface area contributed by atoms with Crippen LogP contribution in [0.4, 0.5) is 10.5 Å². The van der Waals surface area contributed by atoms with Crippen LogP contribution in [0.5, 0.6) is 0 Å². The molecular weight excluding hydrogens is 472 g/mol. The van der Waals surface area contributed by atoms with Crippen LogP contribution in [-0.4, -0.2) is 57.5 Å². The van der Waals surface area contributed by atoms with E-state index in [1.165, 1.54) is 28.6 Å². The maximum atomic E-state index is 13.5. The SMILES string of the molecule is CCOC(=O)[C@@H](O)CNC(=O)OCC1CCc2ccccc2N1S(=O)(=O)c1ccc(Cl)cc1. The maximum Gasteiger partial charge on any atom is 0.407 e. The lowest BCUT2D eigenvalue weighted by atomic mass is 9.98. The molecule has 2 atom stereocenters. The number of sulfonamides is 1. The molecule has 2 aromatic carbocycles. The summed E-state index contributed by atoms with van der Waals surface area (Å²) in [4.78, 5) is 23.6. The number of alkyl carbamates (subject to hydrolysis) is 1. The first-order chi connectivity index (χ1) is 15.7. The summed E-state index contributed by atoms with van der Waals surface area (Å²) in [5.74, 6) is -0.859. The second-order valence-electron chi connectivity index (χ2n) is 7.32. The van der Waals surface area contributed by atoms with Gasteiger partial charge in [-0.2, -0.15) is 0 Å². The molecule has 0 aromatic heterocycles. The highest BCUT2D eigenvalue weighted by molar-refractivity contribution is 7.92. The molecule has 2 aromatic rings. The van der Waals surface area contributed by atoms with Crippen molar-refractivity contribution in [3.05, 3.63) is 59.1 Å². The number of hydrogen-bond acceptors (Lipinski definition) is 7. The van der Waals surface area contributed by atoms with Gasteiger partial charge < -0.3 is 19.9 Å². The molecule has 178 valence electrons. The van der Waals surface area contributed by atoms with Crippen molar-refractivity contribution in [2.45, 2.75) is 36.8 Å². The Labute approximate surface area is 197 Å². The number of aliphatic hydroxyl groups is 1. The van der Waals surface area contributed by atoms with Crippen LogP contribution in [0.2, 0.25) is 5.02 Å².